The van der Waals surface area contributed by atoms with Crippen LogP contribution in [-0.4, -0.2) is 24.3 Å². The first kappa shape index (κ1) is 14.2. The predicted octanol–water partition coefficient (Wildman–Crippen LogP) is 3.21. The Morgan fingerprint density at radius 3 is 2.57 bits per heavy atom. The van der Waals surface area contributed by atoms with Crippen molar-refractivity contribution in [2.24, 2.45) is 0 Å². The maximum absolute atomic E-state index is 13.1. The molecule has 1 heterocycles. The van der Waals surface area contributed by atoms with Gasteiger partial charge in [-0.2, -0.15) is 0 Å². The molecular formula is C16H19FO4. The molecule has 0 atom stereocenters. The van der Waals surface area contributed by atoms with E-state index in [1.807, 2.05) is 0 Å². The number of benzene rings is 1. The Kier molecular flexibility index (Phi) is 3.74. The van der Waals surface area contributed by atoms with Gasteiger partial charge in [0.15, 0.2) is 11.5 Å². The van der Waals surface area contributed by atoms with Crippen molar-refractivity contribution in [3.63, 3.8) is 0 Å². The molecule has 5 heteroatoms. The number of hydrogen-bond donors (Lipinski definition) is 1. The third-order valence-corrected chi connectivity index (χ3v) is 4.49. The summed E-state index contributed by atoms with van der Waals surface area (Å²) in [5, 5.41) is 9.82. The highest BCUT2D eigenvalue weighted by Gasteiger charge is 2.44. The molecule has 3 rings (SSSR count). The lowest BCUT2D eigenvalue weighted by atomic mass is 9.68. The second-order valence-corrected chi connectivity index (χ2v) is 5.75. The molecule has 1 saturated carbocycles. The summed E-state index contributed by atoms with van der Waals surface area (Å²) < 4.78 is 24.3. The quantitative estimate of drug-likeness (QED) is 0.930. The Morgan fingerprint density at radius 1 is 1.19 bits per heavy atom. The molecule has 2 aliphatic rings. The van der Waals surface area contributed by atoms with Crippen molar-refractivity contribution in [3.8, 4) is 11.5 Å². The van der Waals surface area contributed by atoms with E-state index in [2.05, 4.69) is 0 Å². The summed E-state index contributed by atoms with van der Waals surface area (Å²) in [7, 11) is 0. The minimum Gasteiger partial charge on any atom is -0.486 e. The number of aliphatic carboxylic acids is 1. The Morgan fingerprint density at radius 2 is 1.90 bits per heavy atom. The van der Waals surface area contributed by atoms with E-state index in [0.717, 1.165) is 19.3 Å². The average molecular weight is 294 g/mol. The van der Waals surface area contributed by atoms with Crippen molar-refractivity contribution >= 4 is 5.97 Å². The molecule has 1 N–H and O–H groups in total. The lowest BCUT2D eigenvalue weighted by molar-refractivity contribution is -0.145. The molecule has 0 spiro atoms. The molecule has 114 valence electrons. The Labute approximate surface area is 122 Å². The predicted molar refractivity (Wildman–Crippen MR) is 74.6 cm³/mol. The van der Waals surface area contributed by atoms with E-state index in [1.165, 1.54) is 0 Å². The Bertz CT molecular complexity index is 549. The molecule has 0 unspecified atom stereocenters. The van der Waals surface area contributed by atoms with Crippen molar-refractivity contribution in [1.29, 1.82) is 0 Å². The number of fused-ring (bicyclic) bond motifs is 1. The molecule has 4 nitrogen and oxygen atoms in total. The molecule has 0 radical (unpaired) electrons. The normalized spacial score (nSPS) is 20.0. The molecule has 1 aromatic carbocycles. The van der Waals surface area contributed by atoms with Gasteiger partial charge < -0.3 is 14.6 Å². The first-order valence-corrected chi connectivity index (χ1v) is 7.40. The minimum absolute atomic E-state index is 0.394. The zero-order valence-corrected chi connectivity index (χ0v) is 11.9. The number of alkyl halides is 1. The fraction of sp³-hybridized carbons (Fsp3) is 0.562. The third-order valence-electron chi connectivity index (χ3n) is 4.49. The second kappa shape index (κ2) is 5.54. The van der Waals surface area contributed by atoms with Crippen LogP contribution in [-0.2, 0) is 16.9 Å². The van der Waals surface area contributed by atoms with Crippen molar-refractivity contribution in [2.45, 2.75) is 44.2 Å². The fourth-order valence-corrected chi connectivity index (χ4v) is 3.40. The Balaban J connectivity index is 2.16. The first-order chi connectivity index (χ1) is 10.2. The first-order valence-electron chi connectivity index (χ1n) is 7.40. The highest BCUT2D eigenvalue weighted by molar-refractivity contribution is 5.83. The number of carboxylic acids is 1. The van der Waals surface area contributed by atoms with E-state index in [4.69, 9.17) is 9.47 Å². The summed E-state index contributed by atoms with van der Waals surface area (Å²) in [6.07, 6.45) is 3.89. The van der Waals surface area contributed by atoms with Crippen LogP contribution < -0.4 is 9.47 Å². The van der Waals surface area contributed by atoms with Crippen molar-refractivity contribution in [2.75, 3.05) is 13.2 Å². The van der Waals surface area contributed by atoms with Crippen LogP contribution in [0.25, 0.3) is 0 Å². The molecular weight excluding hydrogens is 275 g/mol. The molecule has 1 aliphatic carbocycles. The van der Waals surface area contributed by atoms with Gasteiger partial charge in [-0.15, -0.1) is 0 Å². The molecule has 0 saturated heterocycles. The van der Waals surface area contributed by atoms with Crippen molar-refractivity contribution in [1.82, 2.24) is 0 Å². The number of hydrogen-bond acceptors (Lipinski definition) is 3. The second-order valence-electron chi connectivity index (χ2n) is 5.75. The van der Waals surface area contributed by atoms with E-state index in [0.29, 0.717) is 48.7 Å². The largest absolute Gasteiger partial charge is 0.486 e. The van der Waals surface area contributed by atoms with Gasteiger partial charge in [-0.3, -0.25) is 4.79 Å². The van der Waals surface area contributed by atoms with Gasteiger partial charge in [0.25, 0.3) is 0 Å². The van der Waals surface area contributed by atoms with Gasteiger partial charge in [-0.05, 0) is 30.5 Å². The Hall–Kier alpha value is -1.78. The third kappa shape index (κ3) is 2.34. The van der Waals surface area contributed by atoms with Gasteiger partial charge >= 0.3 is 5.97 Å². The summed E-state index contributed by atoms with van der Waals surface area (Å²) in [6, 6.07) is 3.25. The molecule has 0 amide bonds. The van der Waals surface area contributed by atoms with Crippen LogP contribution in [0.3, 0.4) is 0 Å². The maximum atomic E-state index is 13.1. The number of carboxylic acid groups (broad SMARTS) is 1. The van der Waals surface area contributed by atoms with Crippen molar-refractivity contribution in [3.05, 3.63) is 23.3 Å². The van der Waals surface area contributed by atoms with E-state index < -0.39 is 18.1 Å². The van der Waals surface area contributed by atoms with Gasteiger partial charge in [0.1, 0.15) is 19.9 Å². The zero-order chi connectivity index (χ0) is 14.9. The van der Waals surface area contributed by atoms with E-state index in [9.17, 15) is 14.3 Å². The molecule has 0 bridgehead atoms. The average Bonchev–Trinajstić information content (AvgIpc) is 2.54. The lowest BCUT2D eigenvalue weighted by Gasteiger charge is -2.36. The highest BCUT2D eigenvalue weighted by atomic mass is 19.1. The standard InChI is InChI=1S/C16H19FO4/c17-10-11-8-12(14-13(9-11)20-6-7-21-14)16(15(18)19)4-2-1-3-5-16/h8-9H,1-7,10H2,(H,18,19). The van der Waals surface area contributed by atoms with E-state index >= 15 is 0 Å². The highest BCUT2D eigenvalue weighted by Crippen LogP contribution is 2.48. The van der Waals surface area contributed by atoms with Crippen LogP contribution in [0.2, 0.25) is 0 Å². The summed E-state index contributed by atoms with van der Waals surface area (Å²) >= 11 is 0. The fourth-order valence-electron chi connectivity index (χ4n) is 3.40. The molecule has 1 aliphatic heterocycles. The summed E-state index contributed by atoms with van der Waals surface area (Å²) in [5.41, 5.74) is 0.0498. The number of carbonyl (C=O) groups is 1. The molecule has 1 aromatic rings. The van der Waals surface area contributed by atoms with E-state index in [1.54, 1.807) is 12.1 Å². The SMILES string of the molecule is O=C(O)C1(c2cc(CF)cc3c2OCCO3)CCCCC1. The van der Waals surface area contributed by atoms with Crippen LogP contribution in [0.1, 0.15) is 43.2 Å². The van der Waals surface area contributed by atoms with Gasteiger partial charge in [-0.25, -0.2) is 4.39 Å². The minimum atomic E-state index is -0.978. The lowest BCUT2D eigenvalue weighted by Crippen LogP contribution is -2.39. The van der Waals surface area contributed by atoms with E-state index in [-0.39, 0.29) is 0 Å². The topological polar surface area (TPSA) is 55.8 Å². The number of rotatable bonds is 3. The monoisotopic (exact) mass is 294 g/mol. The smallest absolute Gasteiger partial charge is 0.314 e. The van der Waals surface area contributed by atoms with Gasteiger partial charge in [0.05, 0.1) is 5.41 Å². The van der Waals surface area contributed by atoms with Crippen LogP contribution in [0.5, 0.6) is 11.5 Å². The van der Waals surface area contributed by atoms with Gasteiger partial charge in [-0.1, -0.05) is 19.3 Å². The van der Waals surface area contributed by atoms with Crippen LogP contribution in [0.4, 0.5) is 4.39 Å². The van der Waals surface area contributed by atoms with Crippen LogP contribution in [0, 0.1) is 0 Å². The van der Waals surface area contributed by atoms with Gasteiger partial charge in [0, 0.05) is 5.56 Å². The van der Waals surface area contributed by atoms with Gasteiger partial charge in [0.2, 0.25) is 0 Å². The van der Waals surface area contributed by atoms with Crippen LogP contribution >= 0.6 is 0 Å². The number of halogens is 1. The summed E-state index contributed by atoms with van der Waals surface area (Å²) in [6.45, 7) is 0.159. The maximum Gasteiger partial charge on any atom is 0.314 e. The number of ether oxygens (including phenoxy) is 2. The van der Waals surface area contributed by atoms with Crippen LogP contribution in [0.15, 0.2) is 12.1 Å². The molecule has 21 heavy (non-hydrogen) atoms. The zero-order valence-electron chi connectivity index (χ0n) is 11.9. The molecule has 1 fully saturated rings. The van der Waals surface area contributed by atoms with Crippen molar-refractivity contribution < 1.29 is 23.8 Å². The molecule has 0 aromatic heterocycles. The summed E-state index contributed by atoms with van der Waals surface area (Å²) in [4.78, 5) is 12.0. The summed E-state index contributed by atoms with van der Waals surface area (Å²) in [5.74, 6) is 0.106.